The van der Waals surface area contributed by atoms with Gasteiger partial charge in [-0.25, -0.2) is 0 Å². The minimum Gasteiger partial charge on any atom is -0.348 e. The van der Waals surface area contributed by atoms with Gasteiger partial charge in [0.25, 0.3) is 5.91 Å². The summed E-state index contributed by atoms with van der Waals surface area (Å²) < 4.78 is 4.28. The summed E-state index contributed by atoms with van der Waals surface area (Å²) in [6, 6.07) is 9.96. The lowest BCUT2D eigenvalue weighted by molar-refractivity contribution is 0.0616. The lowest BCUT2D eigenvalue weighted by Crippen LogP contribution is -2.43. The third-order valence-electron chi connectivity index (χ3n) is 5.85. The van der Waals surface area contributed by atoms with Gasteiger partial charge in [-0.15, -0.1) is 0 Å². The van der Waals surface area contributed by atoms with Crippen LogP contribution >= 0.6 is 0 Å². The zero-order chi connectivity index (χ0) is 17.8. The van der Waals surface area contributed by atoms with E-state index in [4.69, 9.17) is 0 Å². The molecular formula is C21H21N3O2. The predicted molar refractivity (Wildman–Crippen MR) is 100 cm³/mol. The molecule has 0 bridgehead atoms. The number of benzene rings is 1. The third-order valence-corrected chi connectivity index (χ3v) is 5.85. The van der Waals surface area contributed by atoms with Crippen molar-refractivity contribution in [2.45, 2.75) is 38.9 Å². The van der Waals surface area contributed by atoms with E-state index < -0.39 is 0 Å². The second-order valence-electron chi connectivity index (χ2n) is 7.18. The number of fused-ring (bicyclic) bond motifs is 1. The summed E-state index contributed by atoms with van der Waals surface area (Å²) in [5, 5.41) is 0.666. The summed E-state index contributed by atoms with van der Waals surface area (Å²) in [7, 11) is 0. The Morgan fingerprint density at radius 1 is 1.12 bits per heavy atom. The van der Waals surface area contributed by atoms with Crippen LogP contribution in [0.4, 0.5) is 0 Å². The van der Waals surface area contributed by atoms with Crippen molar-refractivity contribution in [1.29, 1.82) is 0 Å². The molecule has 5 nitrogen and oxygen atoms in total. The van der Waals surface area contributed by atoms with Crippen LogP contribution in [-0.4, -0.2) is 26.5 Å². The van der Waals surface area contributed by atoms with Gasteiger partial charge in [-0.3, -0.25) is 9.59 Å². The number of aromatic nitrogens is 2. The molecule has 0 saturated heterocycles. The number of rotatable bonds is 2. The maximum Gasteiger partial charge on any atom is 0.259 e. The highest BCUT2D eigenvalue weighted by Crippen LogP contribution is 2.30. The molecule has 26 heavy (non-hydrogen) atoms. The van der Waals surface area contributed by atoms with Gasteiger partial charge in [0.15, 0.2) is 0 Å². The van der Waals surface area contributed by atoms with E-state index in [1.807, 2.05) is 23.1 Å². The Kier molecular flexibility index (Phi) is 3.32. The summed E-state index contributed by atoms with van der Waals surface area (Å²) in [6.07, 6.45) is 5.60. The fourth-order valence-corrected chi connectivity index (χ4v) is 4.60. The minimum atomic E-state index is -0.141. The van der Waals surface area contributed by atoms with E-state index in [0.29, 0.717) is 17.5 Å². The Morgan fingerprint density at radius 3 is 2.85 bits per heavy atom. The van der Waals surface area contributed by atoms with Crippen molar-refractivity contribution >= 4 is 16.8 Å². The molecule has 0 N–H and O–H groups in total. The molecule has 1 aromatic carbocycles. The highest BCUT2D eigenvalue weighted by atomic mass is 16.2. The largest absolute Gasteiger partial charge is 0.348 e. The Balaban J connectivity index is 1.62. The number of pyridine rings is 1. The standard InChI is InChI=1S/C21H21N3O2/c1-2-17-18-7-4-9-22(18)11-12-24(17)21(26)16-13-23-10-8-14-5-3-6-15(19(14)23)20(16)25/h3-7,9,13,17H,2,8,10-12H2,1H3. The SMILES string of the molecule is CCC1c2cccn2CCN1C(=O)c1cn2c3c(cccc3c1=O)CC2. The van der Waals surface area contributed by atoms with Crippen LogP contribution in [0.25, 0.3) is 10.9 Å². The van der Waals surface area contributed by atoms with E-state index in [0.717, 1.165) is 37.1 Å². The van der Waals surface area contributed by atoms with Gasteiger partial charge >= 0.3 is 0 Å². The lowest BCUT2D eigenvalue weighted by Gasteiger charge is -2.36. The van der Waals surface area contributed by atoms with Gasteiger partial charge in [-0.05, 0) is 36.6 Å². The quantitative estimate of drug-likeness (QED) is 0.715. The molecule has 1 amide bonds. The zero-order valence-electron chi connectivity index (χ0n) is 14.8. The average molecular weight is 347 g/mol. The van der Waals surface area contributed by atoms with Gasteiger partial charge in [0, 0.05) is 43.1 Å². The van der Waals surface area contributed by atoms with E-state index in [-0.39, 0.29) is 17.4 Å². The molecule has 0 spiro atoms. The van der Waals surface area contributed by atoms with E-state index in [1.165, 1.54) is 5.56 Å². The van der Waals surface area contributed by atoms with E-state index in [1.54, 1.807) is 6.20 Å². The van der Waals surface area contributed by atoms with E-state index in [9.17, 15) is 9.59 Å². The van der Waals surface area contributed by atoms with Crippen LogP contribution in [0.15, 0.2) is 47.5 Å². The summed E-state index contributed by atoms with van der Waals surface area (Å²) in [5.74, 6) is -0.141. The Morgan fingerprint density at radius 2 is 2.00 bits per heavy atom. The van der Waals surface area contributed by atoms with Gasteiger partial charge in [0.1, 0.15) is 5.56 Å². The summed E-state index contributed by atoms with van der Waals surface area (Å²) >= 11 is 0. The van der Waals surface area contributed by atoms with Crippen molar-refractivity contribution < 1.29 is 4.79 Å². The number of hydrogen-bond acceptors (Lipinski definition) is 2. The Labute approximate surface area is 151 Å². The second kappa shape index (κ2) is 5.59. The normalized spacial score (nSPS) is 18.3. The molecule has 0 aliphatic carbocycles. The first-order chi connectivity index (χ1) is 12.7. The maximum atomic E-state index is 13.4. The highest BCUT2D eigenvalue weighted by Gasteiger charge is 2.32. The first-order valence-electron chi connectivity index (χ1n) is 9.30. The maximum absolute atomic E-state index is 13.4. The Bertz CT molecular complexity index is 1090. The molecule has 5 rings (SSSR count). The fourth-order valence-electron chi connectivity index (χ4n) is 4.60. The molecule has 0 fully saturated rings. The molecule has 1 atom stereocenters. The van der Waals surface area contributed by atoms with Gasteiger partial charge < -0.3 is 14.0 Å². The number of nitrogens with zero attached hydrogens (tertiary/aromatic N) is 3. The molecule has 0 saturated carbocycles. The first kappa shape index (κ1) is 15.4. The predicted octanol–water partition coefficient (Wildman–Crippen LogP) is 2.97. The fraction of sp³-hybridized carbons (Fsp3) is 0.333. The third kappa shape index (κ3) is 2.03. The molecule has 1 unspecified atom stereocenters. The number of aryl methyl sites for hydroxylation is 2. The zero-order valence-corrected chi connectivity index (χ0v) is 14.8. The molecule has 2 aromatic heterocycles. The van der Waals surface area contributed by atoms with Crippen molar-refractivity contribution in [1.82, 2.24) is 14.0 Å². The van der Waals surface area contributed by atoms with Gasteiger partial charge in [-0.1, -0.05) is 19.1 Å². The monoisotopic (exact) mass is 347 g/mol. The number of amides is 1. The minimum absolute atomic E-state index is 0.0197. The van der Waals surface area contributed by atoms with Gasteiger partial charge in [0.05, 0.1) is 11.6 Å². The summed E-state index contributed by atoms with van der Waals surface area (Å²) in [4.78, 5) is 28.3. The van der Waals surface area contributed by atoms with Crippen LogP contribution in [0.5, 0.6) is 0 Å². The van der Waals surface area contributed by atoms with Crippen molar-refractivity contribution in [3.63, 3.8) is 0 Å². The lowest BCUT2D eigenvalue weighted by atomic mass is 10.0. The van der Waals surface area contributed by atoms with Gasteiger partial charge in [0.2, 0.25) is 5.43 Å². The molecule has 5 heteroatoms. The highest BCUT2D eigenvalue weighted by molar-refractivity contribution is 5.98. The van der Waals surface area contributed by atoms with Crippen LogP contribution in [0.3, 0.4) is 0 Å². The second-order valence-corrected chi connectivity index (χ2v) is 7.18. The van der Waals surface area contributed by atoms with Crippen molar-refractivity contribution in [2.75, 3.05) is 6.54 Å². The summed E-state index contributed by atoms with van der Waals surface area (Å²) in [5.41, 5.74) is 3.50. The molecule has 2 aliphatic rings. The number of carbonyl (C=O) groups excluding carboxylic acids is 1. The number of para-hydroxylation sites is 1. The molecule has 132 valence electrons. The van der Waals surface area contributed by atoms with Crippen LogP contribution in [0.2, 0.25) is 0 Å². The average Bonchev–Trinajstić information content (AvgIpc) is 3.30. The van der Waals surface area contributed by atoms with Crippen LogP contribution in [-0.2, 0) is 19.5 Å². The van der Waals surface area contributed by atoms with Gasteiger partial charge in [-0.2, -0.15) is 0 Å². The van der Waals surface area contributed by atoms with E-state index in [2.05, 4.69) is 34.4 Å². The van der Waals surface area contributed by atoms with Crippen molar-refractivity contribution in [2.24, 2.45) is 0 Å². The molecule has 2 aliphatic heterocycles. The number of carbonyl (C=O) groups is 1. The van der Waals surface area contributed by atoms with Crippen molar-refractivity contribution in [3.8, 4) is 0 Å². The molecule has 3 aromatic rings. The van der Waals surface area contributed by atoms with E-state index >= 15 is 0 Å². The van der Waals surface area contributed by atoms with Crippen molar-refractivity contribution in [3.05, 3.63) is 69.8 Å². The first-order valence-corrected chi connectivity index (χ1v) is 9.30. The summed E-state index contributed by atoms with van der Waals surface area (Å²) in [6.45, 7) is 4.33. The van der Waals surface area contributed by atoms with Crippen LogP contribution < -0.4 is 5.43 Å². The smallest absolute Gasteiger partial charge is 0.259 e. The van der Waals surface area contributed by atoms with Crippen LogP contribution in [0, 0.1) is 0 Å². The topological polar surface area (TPSA) is 47.2 Å². The molecule has 4 heterocycles. The Hall–Kier alpha value is -2.82. The molecular weight excluding hydrogens is 326 g/mol. The number of hydrogen-bond donors (Lipinski definition) is 0. The van der Waals surface area contributed by atoms with Crippen LogP contribution in [0.1, 0.15) is 41.0 Å². The molecule has 0 radical (unpaired) electrons.